The number of nitrogens with zero attached hydrogens (tertiary/aromatic N) is 4. The maximum atomic E-state index is 7.90. The first kappa shape index (κ1) is 7.85. The Hall–Kier alpha value is -1.15. The molecule has 0 amide bonds. The molecule has 50 valence electrons. The monoisotopic (exact) mass is 126 g/mol. The Morgan fingerprint density at radius 3 is 2.78 bits per heavy atom. The van der Waals surface area contributed by atoms with Gasteiger partial charge in [0.1, 0.15) is 0 Å². The molecule has 0 rings (SSSR count). The first-order chi connectivity index (χ1) is 4.18. The molecule has 0 bridgehead atoms. The Bertz CT molecular complexity index is 145. The van der Waals surface area contributed by atoms with Gasteiger partial charge in [-0.3, -0.25) is 0 Å². The van der Waals surface area contributed by atoms with Gasteiger partial charge in [-0.1, -0.05) is 11.7 Å². The van der Waals surface area contributed by atoms with Crippen LogP contribution in [0.3, 0.4) is 0 Å². The molecule has 0 aromatic rings. The van der Waals surface area contributed by atoms with Crippen molar-refractivity contribution < 1.29 is 0 Å². The molecule has 0 N–H and O–H groups in total. The fourth-order valence-electron chi connectivity index (χ4n) is 0.244. The minimum atomic E-state index is 0.353. The molecule has 4 nitrogen and oxygen atoms in total. The van der Waals surface area contributed by atoms with E-state index < -0.39 is 0 Å². The van der Waals surface area contributed by atoms with Gasteiger partial charge in [0.15, 0.2) is 0 Å². The Kier molecular flexibility index (Phi) is 3.32. The molecule has 0 heterocycles. The molecule has 0 radical (unpaired) electrons. The standard InChI is InChI=1S/C5H10N4/c1-5(2)9(3)4-7-8-6/h1,4H2,2-3H3. The predicted molar refractivity (Wildman–Crippen MR) is 36.6 cm³/mol. The molecule has 0 unspecified atom stereocenters. The van der Waals surface area contributed by atoms with Gasteiger partial charge in [0.25, 0.3) is 0 Å². The average Bonchev–Trinajstić information content (AvgIpc) is 1.82. The number of azide groups is 1. The lowest BCUT2D eigenvalue weighted by atomic mass is 10.5. The van der Waals surface area contributed by atoms with Gasteiger partial charge in [-0.05, 0) is 12.5 Å². The van der Waals surface area contributed by atoms with Crippen LogP contribution in [-0.2, 0) is 0 Å². The lowest BCUT2D eigenvalue weighted by Gasteiger charge is -2.14. The molecule has 0 aliphatic heterocycles. The summed E-state index contributed by atoms with van der Waals surface area (Å²) in [5, 5.41) is 3.34. The predicted octanol–water partition coefficient (Wildman–Crippen LogP) is 1.72. The zero-order valence-electron chi connectivity index (χ0n) is 5.70. The van der Waals surface area contributed by atoms with Gasteiger partial charge in [-0.2, -0.15) is 0 Å². The molecule has 9 heavy (non-hydrogen) atoms. The van der Waals surface area contributed by atoms with Gasteiger partial charge in [-0.15, -0.1) is 0 Å². The van der Waals surface area contributed by atoms with E-state index in [9.17, 15) is 0 Å². The molecular formula is C5H10N4. The Labute approximate surface area is 54.4 Å². The summed E-state index contributed by atoms with van der Waals surface area (Å²) in [6, 6.07) is 0. The molecule has 0 atom stereocenters. The third-order valence-electron chi connectivity index (χ3n) is 0.990. The molecule has 0 aliphatic carbocycles. The summed E-state index contributed by atoms with van der Waals surface area (Å²) in [6.45, 7) is 5.86. The highest BCUT2D eigenvalue weighted by Gasteiger charge is 1.90. The number of hydrogen-bond acceptors (Lipinski definition) is 2. The summed E-state index contributed by atoms with van der Waals surface area (Å²) in [4.78, 5) is 4.36. The van der Waals surface area contributed by atoms with Crippen LogP contribution in [0.25, 0.3) is 10.4 Å². The third kappa shape index (κ3) is 3.43. The van der Waals surface area contributed by atoms with Gasteiger partial charge in [0, 0.05) is 17.7 Å². The minimum absolute atomic E-state index is 0.353. The molecular weight excluding hydrogens is 116 g/mol. The highest BCUT2D eigenvalue weighted by molar-refractivity contribution is 4.85. The molecule has 0 aromatic carbocycles. The van der Waals surface area contributed by atoms with E-state index in [1.807, 2.05) is 14.0 Å². The maximum absolute atomic E-state index is 7.90. The second kappa shape index (κ2) is 3.80. The van der Waals surface area contributed by atoms with Crippen LogP contribution < -0.4 is 0 Å². The quantitative estimate of drug-likeness (QED) is 0.322. The van der Waals surface area contributed by atoms with Crippen LogP contribution >= 0.6 is 0 Å². The normalized spacial score (nSPS) is 7.78. The van der Waals surface area contributed by atoms with Crippen molar-refractivity contribution in [2.75, 3.05) is 13.7 Å². The van der Waals surface area contributed by atoms with Crippen molar-refractivity contribution in [1.29, 1.82) is 0 Å². The van der Waals surface area contributed by atoms with E-state index in [-0.39, 0.29) is 0 Å². The zero-order chi connectivity index (χ0) is 7.28. The first-order valence-corrected chi connectivity index (χ1v) is 2.56. The van der Waals surface area contributed by atoms with Crippen molar-refractivity contribution in [2.24, 2.45) is 5.11 Å². The molecule has 0 aromatic heterocycles. The minimum Gasteiger partial charge on any atom is -0.373 e. The van der Waals surface area contributed by atoms with Gasteiger partial charge < -0.3 is 4.90 Å². The molecule has 0 spiro atoms. The molecule has 4 heteroatoms. The lowest BCUT2D eigenvalue weighted by Crippen LogP contribution is -2.13. The second-order valence-corrected chi connectivity index (χ2v) is 1.81. The fraction of sp³-hybridized carbons (Fsp3) is 0.600. The van der Waals surface area contributed by atoms with Crippen LogP contribution in [0.4, 0.5) is 0 Å². The Morgan fingerprint density at radius 2 is 2.44 bits per heavy atom. The number of hydrogen-bond donors (Lipinski definition) is 0. The summed E-state index contributed by atoms with van der Waals surface area (Å²) >= 11 is 0. The molecule has 0 fully saturated rings. The fourth-order valence-corrected chi connectivity index (χ4v) is 0.244. The maximum Gasteiger partial charge on any atom is 0.0961 e. The first-order valence-electron chi connectivity index (χ1n) is 2.56. The van der Waals surface area contributed by atoms with Crippen molar-refractivity contribution in [3.8, 4) is 0 Å². The molecule has 0 aliphatic rings. The van der Waals surface area contributed by atoms with Crippen LogP contribution in [0.2, 0.25) is 0 Å². The molecule has 0 saturated carbocycles. The van der Waals surface area contributed by atoms with Crippen LogP contribution in [0.5, 0.6) is 0 Å². The zero-order valence-corrected chi connectivity index (χ0v) is 5.70. The summed E-state index contributed by atoms with van der Waals surface area (Å²) in [6.07, 6.45) is 0. The van der Waals surface area contributed by atoms with E-state index in [2.05, 4.69) is 16.6 Å². The van der Waals surface area contributed by atoms with Crippen LogP contribution in [0, 0.1) is 0 Å². The van der Waals surface area contributed by atoms with Crippen LogP contribution in [0.1, 0.15) is 6.92 Å². The van der Waals surface area contributed by atoms with Gasteiger partial charge in [-0.25, -0.2) is 0 Å². The van der Waals surface area contributed by atoms with Crippen molar-refractivity contribution >= 4 is 0 Å². The summed E-state index contributed by atoms with van der Waals surface area (Å²) in [5.41, 5.74) is 8.79. The Morgan fingerprint density at radius 1 is 1.89 bits per heavy atom. The van der Waals surface area contributed by atoms with Gasteiger partial charge in [0.05, 0.1) is 6.67 Å². The Balaban J connectivity index is 3.63. The smallest absolute Gasteiger partial charge is 0.0961 e. The summed E-state index contributed by atoms with van der Waals surface area (Å²) < 4.78 is 0. The van der Waals surface area contributed by atoms with Gasteiger partial charge >= 0.3 is 0 Å². The SMILES string of the molecule is C=C(C)N(C)CN=[N+]=[N-]. The van der Waals surface area contributed by atoms with E-state index in [0.29, 0.717) is 6.67 Å². The summed E-state index contributed by atoms with van der Waals surface area (Å²) in [7, 11) is 1.82. The summed E-state index contributed by atoms with van der Waals surface area (Å²) in [5.74, 6) is 0. The van der Waals surface area contributed by atoms with E-state index in [0.717, 1.165) is 5.70 Å². The highest BCUT2D eigenvalue weighted by Crippen LogP contribution is 1.93. The van der Waals surface area contributed by atoms with E-state index in [1.165, 1.54) is 0 Å². The highest BCUT2D eigenvalue weighted by atomic mass is 15.3. The van der Waals surface area contributed by atoms with Crippen molar-refractivity contribution in [3.05, 3.63) is 22.7 Å². The van der Waals surface area contributed by atoms with E-state index >= 15 is 0 Å². The van der Waals surface area contributed by atoms with Crippen molar-refractivity contribution in [2.45, 2.75) is 6.92 Å². The molecule has 0 saturated heterocycles. The van der Waals surface area contributed by atoms with Crippen molar-refractivity contribution in [1.82, 2.24) is 4.90 Å². The number of allylic oxidation sites excluding steroid dienone is 1. The van der Waals surface area contributed by atoms with Crippen LogP contribution in [-0.4, -0.2) is 18.6 Å². The topological polar surface area (TPSA) is 52.0 Å². The third-order valence-corrected chi connectivity index (χ3v) is 0.990. The second-order valence-electron chi connectivity index (χ2n) is 1.81. The average molecular weight is 126 g/mol. The van der Waals surface area contributed by atoms with E-state index in [4.69, 9.17) is 5.53 Å². The number of rotatable bonds is 3. The van der Waals surface area contributed by atoms with Crippen LogP contribution in [0.15, 0.2) is 17.4 Å². The largest absolute Gasteiger partial charge is 0.373 e. The van der Waals surface area contributed by atoms with E-state index in [1.54, 1.807) is 4.90 Å². The van der Waals surface area contributed by atoms with Crippen molar-refractivity contribution in [3.63, 3.8) is 0 Å². The van der Waals surface area contributed by atoms with Gasteiger partial charge in [0.2, 0.25) is 0 Å². The lowest BCUT2D eigenvalue weighted by molar-refractivity contribution is 0.433.